The van der Waals surface area contributed by atoms with Gasteiger partial charge in [0.05, 0.1) is 0 Å². The third-order valence-corrected chi connectivity index (χ3v) is 4.09. The van der Waals surface area contributed by atoms with Crippen LogP contribution in [0.3, 0.4) is 0 Å². The normalized spacial score (nSPS) is 11.1. The Labute approximate surface area is 147 Å². The molecule has 3 aromatic heterocycles. The van der Waals surface area contributed by atoms with E-state index in [-0.39, 0.29) is 6.85 Å². The smallest absolute Gasteiger partial charge is 0.287 e. The first-order valence-electron chi connectivity index (χ1n) is 8.18. The van der Waals surface area contributed by atoms with Gasteiger partial charge in [-0.3, -0.25) is 8.99 Å². The monoisotopic (exact) mass is 326 g/mol. The Kier molecular flexibility index (Phi) is 3.87. The quantitative estimate of drug-likeness (QED) is 0.531. The molecule has 0 saturated heterocycles. The van der Waals surface area contributed by atoms with Gasteiger partial charge in [-0.05, 0) is 13.2 Å². The maximum atomic E-state index is 5.80. The molecule has 4 aromatic rings. The van der Waals surface area contributed by atoms with Crippen molar-refractivity contribution in [3.63, 3.8) is 0 Å². The second kappa shape index (κ2) is 6.20. The van der Waals surface area contributed by atoms with Crippen LogP contribution < -0.4 is 5.46 Å². The van der Waals surface area contributed by atoms with Crippen LogP contribution in [0.2, 0.25) is 6.82 Å². The fourth-order valence-electron chi connectivity index (χ4n) is 2.96. The van der Waals surface area contributed by atoms with Crippen molar-refractivity contribution in [1.82, 2.24) is 29.0 Å². The summed E-state index contributed by atoms with van der Waals surface area (Å²) in [6, 6.07) is 10.4. The predicted octanol–water partition coefficient (Wildman–Crippen LogP) is 1.34. The molecule has 6 nitrogen and oxygen atoms in total. The minimum atomic E-state index is 0.154. The van der Waals surface area contributed by atoms with Crippen molar-refractivity contribution in [1.29, 1.82) is 0 Å². The summed E-state index contributed by atoms with van der Waals surface area (Å²) in [6.07, 6.45) is 6.14. The number of aromatic nitrogens is 6. The summed E-state index contributed by atoms with van der Waals surface area (Å²) < 4.78 is 3.74. The Balaban J connectivity index is 1.72. The van der Waals surface area contributed by atoms with E-state index >= 15 is 0 Å². The van der Waals surface area contributed by atoms with Crippen LogP contribution in [0.5, 0.6) is 0 Å². The lowest BCUT2D eigenvalue weighted by Gasteiger charge is -2.10. The standard InChI is InChI=1S/C17H16B2N6/c1-12-21-16(15-11-24-10-14(18)9-20-17(24)22-15)25(23-12)19(2)8-13-6-4-3-5-7-13/h3-7,9-11H,8H2,1-2H3. The molecule has 0 atom stereocenters. The SMILES string of the molecule is [B]c1cnc2nc(-c3nc(C)nn3B(C)Cc3ccccc3)cn2c1. The average Bonchev–Trinajstić information content (AvgIpc) is 3.18. The third kappa shape index (κ3) is 3.07. The summed E-state index contributed by atoms with van der Waals surface area (Å²) in [5.74, 6) is 2.05. The molecular weight excluding hydrogens is 310 g/mol. The lowest BCUT2D eigenvalue weighted by molar-refractivity contribution is 0.922. The van der Waals surface area contributed by atoms with Gasteiger partial charge in [-0.1, -0.05) is 48.2 Å². The number of benzene rings is 1. The van der Waals surface area contributed by atoms with E-state index in [0.717, 1.165) is 23.7 Å². The molecule has 3 heterocycles. The van der Waals surface area contributed by atoms with Gasteiger partial charge >= 0.3 is 0 Å². The summed E-state index contributed by atoms with van der Waals surface area (Å²) >= 11 is 0. The Morgan fingerprint density at radius 1 is 1.12 bits per heavy atom. The lowest BCUT2D eigenvalue weighted by atomic mass is 9.60. The molecule has 0 spiro atoms. The summed E-state index contributed by atoms with van der Waals surface area (Å²) in [5.41, 5.74) is 2.59. The van der Waals surface area contributed by atoms with E-state index in [4.69, 9.17) is 7.85 Å². The second-order valence-corrected chi connectivity index (χ2v) is 6.19. The predicted molar refractivity (Wildman–Crippen MR) is 99.3 cm³/mol. The van der Waals surface area contributed by atoms with Crippen LogP contribution >= 0.6 is 0 Å². The van der Waals surface area contributed by atoms with Gasteiger partial charge in [0.15, 0.2) is 5.82 Å². The Hall–Kier alpha value is -2.89. The van der Waals surface area contributed by atoms with Crippen LogP contribution in [0.25, 0.3) is 17.3 Å². The number of hydrogen-bond donors (Lipinski definition) is 0. The van der Waals surface area contributed by atoms with Crippen molar-refractivity contribution in [2.24, 2.45) is 0 Å². The van der Waals surface area contributed by atoms with Gasteiger partial charge in [-0.15, -0.1) is 0 Å². The molecule has 8 heteroatoms. The molecule has 0 amide bonds. The van der Waals surface area contributed by atoms with E-state index < -0.39 is 0 Å². The fraction of sp³-hybridized carbons (Fsp3) is 0.176. The van der Waals surface area contributed by atoms with Crippen LogP contribution in [0.4, 0.5) is 0 Å². The van der Waals surface area contributed by atoms with E-state index in [1.165, 1.54) is 5.56 Å². The molecule has 0 N–H and O–H groups in total. The minimum absolute atomic E-state index is 0.154. The molecule has 1 aromatic carbocycles. The number of imidazole rings is 1. The van der Waals surface area contributed by atoms with Crippen molar-refractivity contribution >= 4 is 25.9 Å². The zero-order valence-corrected chi connectivity index (χ0v) is 14.2. The maximum Gasteiger partial charge on any atom is 0.287 e. The van der Waals surface area contributed by atoms with Crippen LogP contribution in [-0.2, 0) is 6.32 Å². The molecule has 0 aliphatic rings. The number of fused-ring (bicyclic) bond motifs is 1. The molecule has 0 aliphatic carbocycles. The van der Waals surface area contributed by atoms with E-state index in [1.807, 2.05) is 35.9 Å². The molecule has 0 saturated carbocycles. The van der Waals surface area contributed by atoms with Gasteiger partial charge in [-0.2, -0.15) is 5.10 Å². The van der Waals surface area contributed by atoms with Crippen LogP contribution in [0.15, 0.2) is 48.9 Å². The molecule has 0 aliphatic heterocycles. The molecule has 0 fully saturated rings. The Morgan fingerprint density at radius 2 is 1.92 bits per heavy atom. The number of nitrogens with zero attached hydrogens (tertiary/aromatic N) is 6. The van der Waals surface area contributed by atoms with Crippen molar-refractivity contribution < 1.29 is 0 Å². The molecule has 0 bridgehead atoms. The summed E-state index contributed by atoms with van der Waals surface area (Å²) in [7, 11) is 5.80. The van der Waals surface area contributed by atoms with Gasteiger partial charge in [-0.25, -0.2) is 15.0 Å². The largest absolute Gasteiger partial charge is 0.292 e. The van der Waals surface area contributed by atoms with Gasteiger partial charge in [0.2, 0.25) is 5.78 Å². The summed E-state index contributed by atoms with van der Waals surface area (Å²) in [6.45, 7) is 4.18. The molecular formula is C17H16B2N6. The van der Waals surface area contributed by atoms with Crippen LogP contribution in [0.1, 0.15) is 11.4 Å². The van der Waals surface area contributed by atoms with E-state index in [1.54, 1.807) is 16.8 Å². The van der Waals surface area contributed by atoms with E-state index in [9.17, 15) is 0 Å². The maximum absolute atomic E-state index is 5.80. The molecule has 25 heavy (non-hydrogen) atoms. The van der Waals surface area contributed by atoms with Crippen molar-refractivity contribution in [2.75, 3.05) is 0 Å². The van der Waals surface area contributed by atoms with Gasteiger partial charge in [0.1, 0.15) is 19.4 Å². The highest BCUT2D eigenvalue weighted by atomic mass is 15.3. The lowest BCUT2D eigenvalue weighted by Crippen LogP contribution is -2.26. The molecule has 2 radical (unpaired) electrons. The van der Waals surface area contributed by atoms with E-state index in [0.29, 0.717) is 11.2 Å². The Bertz CT molecular complexity index is 1020. The molecule has 4 rings (SSSR count). The van der Waals surface area contributed by atoms with E-state index in [2.05, 4.69) is 39.0 Å². The first-order valence-corrected chi connectivity index (χ1v) is 8.18. The first kappa shape index (κ1) is 15.6. The minimum Gasteiger partial charge on any atom is -0.292 e. The zero-order valence-electron chi connectivity index (χ0n) is 14.2. The molecule has 0 unspecified atom stereocenters. The number of hydrogen-bond acceptors (Lipinski definition) is 4. The average molecular weight is 326 g/mol. The molecule has 120 valence electrons. The van der Waals surface area contributed by atoms with Crippen molar-refractivity contribution in [3.8, 4) is 11.5 Å². The highest BCUT2D eigenvalue weighted by molar-refractivity contribution is 6.55. The third-order valence-electron chi connectivity index (χ3n) is 4.09. The van der Waals surface area contributed by atoms with Gasteiger partial charge in [0.25, 0.3) is 6.85 Å². The number of rotatable bonds is 4. The van der Waals surface area contributed by atoms with Crippen molar-refractivity contribution in [3.05, 3.63) is 60.3 Å². The van der Waals surface area contributed by atoms with Crippen molar-refractivity contribution in [2.45, 2.75) is 20.1 Å². The fourth-order valence-corrected chi connectivity index (χ4v) is 2.96. The summed E-state index contributed by atoms with van der Waals surface area (Å²) in [4.78, 5) is 13.4. The number of aryl methyl sites for hydroxylation is 1. The highest BCUT2D eigenvalue weighted by Gasteiger charge is 2.21. The Morgan fingerprint density at radius 3 is 2.72 bits per heavy atom. The second-order valence-electron chi connectivity index (χ2n) is 6.19. The highest BCUT2D eigenvalue weighted by Crippen LogP contribution is 2.18. The first-order chi connectivity index (χ1) is 12.1. The topological polar surface area (TPSA) is 60.9 Å². The summed E-state index contributed by atoms with van der Waals surface area (Å²) in [5, 5.41) is 4.58. The van der Waals surface area contributed by atoms with Crippen LogP contribution in [0, 0.1) is 6.92 Å². The van der Waals surface area contributed by atoms with Crippen LogP contribution in [-0.4, -0.2) is 43.7 Å². The zero-order chi connectivity index (χ0) is 17.4. The van der Waals surface area contributed by atoms with Gasteiger partial charge in [0, 0.05) is 18.6 Å². The van der Waals surface area contributed by atoms with Gasteiger partial charge < -0.3 is 0 Å².